The lowest BCUT2D eigenvalue weighted by molar-refractivity contribution is 0.317. The molecule has 0 amide bonds. The number of sulfonamides is 1. The van der Waals surface area contributed by atoms with Gasteiger partial charge in [0, 0.05) is 0 Å². The Balaban J connectivity index is 2.18. The lowest BCUT2D eigenvalue weighted by Crippen LogP contribution is -2.14. The van der Waals surface area contributed by atoms with E-state index in [1.807, 2.05) is 6.92 Å². The van der Waals surface area contributed by atoms with Gasteiger partial charge in [-0.3, -0.25) is 4.72 Å². The largest absolute Gasteiger partial charge is 0.494 e. The average molecular weight is 306 g/mol. The third kappa shape index (κ3) is 3.88. The minimum atomic E-state index is -3.66. The van der Waals surface area contributed by atoms with Gasteiger partial charge in [0.25, 0.3) is 10.0 Å². The molecule has 3 N–H and O–H groups in total. The molecule has 0 aliphatic heterocycles. The minimum absolute atomic E-state index is 0.162. The van der Waals surface area contributed by atoms with E-state index in [2.05, 4.69) is 4.72 Å². The van der Waals surface area contributed by atoms with Crippen LogP contribution >= 0.6 is 0 Å². The Kier molecular flexibility index (Phi) is 4.70. The molecule has 21 heavy (non-hydrogen) atoms. The molecule has 6 heteroatoms. The number of benzene rings is 2. The zero-order valence-electron chi connectivity index (χ0n) is 11.7. The van der Waals surface area contributed by atoms with Gasteiger partial charge in [-0.15, -0.1) is 0 Å². The van der Waals surface area contributed by atoms with Crippen molar-refractivity contribution in [2.45, 2.75) is 18.2 Å². The predicted octanol–water partition coefficient (Wildman–Crippen LogP) is 2.86. The lowest BCUT2D eigenvalue weighted by Gasteiger charge is -2.11. The highest BCUT2D eigenvalue weighted by molar-refractivity contribution is 7.92. The molecule has 0 saturated heterocycles. The Morgan fingerprint density at radius 1 is 1.10 bits per heavy atom. The van der Waals surface area contributed by atoms with Crippen molar-refractivity contribution < 1.29 is 13.2 Å². The third-order valence-electron chi connectivity index (χ3n) is 2.81. The van der Waals surface area contributed by atoms with Crippen LogP contribution in [0, 0.1) is 0 Å². The highest BCUT2D eigenvalue weighted by Gasteiger charge is 2.15. The van der Waals surface area contributed by atoms with Crippen molar-refractivity contribution >= 4 is 21.4 Å². The fourth-order valence-corrected chi connectivity index (χ4v) is 2.82. The molecule has 0 spiro atoms. The van der Waals surface area contributed by atoms with Crippen molar-refractivity contribution in [1.29, 1.82) is 0 Å². The van der Waals surface area contributed by atoms with Crippen LogP contribution < -0.4 is 15.2 Å². The van der Waals surface area contributed by atoms with Gasteiger partial charge in [0.05, 0.1) is 22.9 Å². The monoisotopic (exact) mass is 306 g/mol. The van der Waals surface area contributed by atoms with Crippen LogP contribution in [0.4, 0.5) is 11.4 Å². The van der Waals surface area contributed by atoms with Crippen LogP contribution in [0.1, 0.15) is 13.3 Å². The molecule has 0 heterocycles. The van der Waals surface area contributed by atoms with Gasteiger partial charge in [-0.25, -0.2) is 8.42 Å². The van der Waals surface area contributed by atoms with Gasteiger partial charge in [0.1, 0.15) is 5.75 Å². The van der Waals surface area contributed by atoms with Crippen LogP contribution in [-0.4, -0.2) is 15.0 Å². The van der Waals surface area contributed by atoms with Crippen molar-refractivity contribution in [3.05, 3.63) is 48.5 Å². The summed E-state index contributed by atoms with van der Waals surface area (Å²) in [4.78, 5) is 0.162. The Labute approximate surface area is 124 Å². The van der Waals surface area contributed by atoms with Gasteiger partial charge < -0.3 is 10.5 Å². The number of anilines is 2. The molecule has 0 atom stereocenters. The van der Waals surface area contributed by atoms with E-state index in [0.29, 0.717) is 23.7 Å². The van der Waals surface area contributed by atoms with Crippen LogP contribution in [0.2, 0.25) is 0 Å². The zero-order valence-corrected chi connectivity index (χ0v) is 12.6. The SMILES string of the molecule is CCCOc1ccc(S(=O)(=O)Nc2ccccc2N)cc1. The third-order valence-corrected chi connectivity index (χ3v) is 4.19. The fraction of sp³-hybridized carbons (Fsp3) is 0.200. The first-order valence-corrected chi connectivity index (χ1v) is 8.11. The standard InChI is InChI=1S/C15H18N2O3S/c1-2-11-20-12-7-9-13(10-8-12)21(18,19)17-15-6-4-3-5-14(15)16/h3-10,17H,2,11,16H2,1H3. The quantitative estimate of drug-likeness (QED) is 0.804. The first-order chi connectivity index (χ1) is 10.0. The summed E-state index contributed by atoms with van der Waals surface area (Å²) in [6, 6.07) is 13.0. The van der Waals surface area contributed by atoms with Crippen molar-refractivity contribution in [3.8, 4) is 5.75 Å². The number of nitrogen functional groups attached to an aromatic ring is 1. The number of rotatable bonds is 6. The topological polar surface area (TPSA) is 81.4 Å². The van der Waals surface area contributed by atoms with E-state index in [-0.39, 0.29) is 4.90 Å². The Bertz CT molecular complexity index is 697. The summed E-state index contributed by atoms with van der Waals surface area (Å²) in [5.41, 5.74) is 6.48. The molecule has 2 aromatic rings. The number of hydrogen-bond acceptors (Lipinski definition) is 4. The van der Waals surface area contributed by atoms with E-state index < -0.39 is 10.0 Å². The summed E-state index contributed by atoms with van der Waals surface area (Å²) in [5, 5.41) is 0. The summed E-state index contributed by atoms with van der Waals surface area (Å²) >= 11 is 0. The highest BCUT2D eigenvalue weighted by Crippen LogP contribution is 2.22. The van der Waals surface area contributed by atoms with Gasteiger partial charge in [0.2, 0.25) is 0 Å². The summed E-state index contributed by atoms with van der Waals surface area (Å²) in [7, 11) is -3.66. The second-order valence-corrected chi connectivity index (χ2v) is 6.20. The first-order valence-electron chi connectivity index (χ1n) is 6.63. The number of hydrogen-bond donors (Lipinski definition) is 2. The molecule has 0 fully saturated rings. The predicted molar refractivity (Wildman–Crippen MR) is 83.9 cm³/mol. The molecule has 2 rings (SSSR count). The van der Waals surface area contributed by atoms with Gasteiger partial charge in [-0.2, -0.15) is 0 Å². The molecule has 0 unspecified atom stereocenters. The molecule has 0 aliphatic carbocycles. The normalized spacial score (nSPS) is 11.1. The van der Waals surface area contributed by atoms with E-state index in [1.165, 1.54) is 12.1 Å². The molecular weight excluding hydrogens is 288 g/mol. The van der Waals surface area contributed by atoms with Crippen molar-refractivity contribution in [2.75, 3.05) is 17.1 Å². The van der Waals surface area contributed by atoms with Gasteiger partial charge in [0.15, 0.2) is 0 Å². The summed E-state index contributed by atoms with van der Waals surface area (Å²) in [6.45, 7) is 2.61. The molecule has 0 saturated carbocycles. The minimum Gasteiger partial charge on any atom is -0.494 e. The maximum atomic E-state index is 12.3. The first kappa shape index (κ1) is 15.2. The molecular formula is C15H18N2O3S. The fourth-order valence-electron chi connectivity index (χ4n) is 1.73. The average Bonchev–Trinajstić information content (AvgIpc) is 2.48. The maximum absolute atomic E-state index is 12.3. The molecule has 0 aromatic heterocycles. The molecule has 112 valence electrons. The molecule has 0 aliphatic rings. The van der Waals surface area contributed by atoms with Crippen LogP contribution in [-0.2, 0) is 10.0 Å². The van der Waals surface area contributed by atoms with E-state index in [4.69, 9.17) is 10.5 Å². The molecule has 0 radical (unpaired) electrons. The van der Waals surface area contributed by atoms with Crippen LogP contribution in [0.5, 0.6) is 5.75 Å². The summed E-state index contributed by atoms with van der Waals surface area (Å²) in [6.07, 6.45) is 0.898. The highest BCUT2D eigenvalue weighted by atomic mass is 32.2. The van der Waals surface area contributed by atoms with E-state index in [1.54, 1.807) is 36.4 Å². The maximum Gasteiger partial charge on any atom is 0.261 e. The van der Waals surface area contributed by atoms with E-state index in [9.17, 15) is 8.42 Å². The summed E-state index contributed by atoms with van der Waals surface area (Å²) < 4.78 is 32.4. The zero-order chi connectivity index (χ0) is 15.3. The van der Waals surface area contributed by atoms with Crippen LogP contribution in [0.15, 0.2) is 53.4 Å². The van der Waals surface area contributed by atoms with Crippen molar-refractivity contribution in [3.63, 3.8) is 0 Å². The second kappa shape index (κ2) is 6.49. The second-order valence-electron chi connectivity index (χ2n) is 4.51. The van der Waals surface area contributed by atoms with E-state index in [0.717, 1.165) is 6.42 Å². The number of nitrogens with two attached hydrogens (primary N) is 1. The van der Waals surface area contributed by atoms with Crippen LogP contribution in [0.3, 0.4) is 0 Å². The van der Waals surface area contributed by atoms with Crippen LogP contribution in [0.25, 0.3) is 0 Å². The molecule has 2 aromatic carbocycles. The Morgan fingerprint density at radius 2 is 1.76 bits per heavy atom. The van der Waals surface area contributed by atoms with Crippen molar-refractivity contribution in [2.24, 2.45) is 0 Å². The Hall–Kier alpha value is -2.21. The van der Waals surface area contributed by atoms with Gasteiger partial charge in [-0.1, -0.05) is 19.1 Å². The van der Waals surface area contributed by atoms with Crippen molar-refractivity contribution in [1.82, 2.24) is 0 Å². The summed E-state index contributed by atoms with van der Waals surface area (Å²) in [5.74, 6) is 0.648. The molecule has 5 nitrogen and oxygen atoms in total. The smallest absolute Gasteiger partial charge is 0.261 e. The number of ether oxygens (including phenoxy) is 1. The molecule has 0 bridgehead atoms. The number of para-hydroxylation sites is 2. The lowest BCUT2D eigenvalue weighted by atomic mass is 10.3. The van der Waals surface area contributed by atoms with Gasteiger partial charge in [-0.05, 0) is 42.8 Å². The Morgan fingerprint density at radius 3 is 2.38 bits per heavy atom. The van der Waals surface area contributed by atoms with Gasteiger partial charge >= 0.3 is 0 Å². The number of nitrogens with one attached hydrogen (secondary N) is 1. The van der Waals surface area contributed by atoms with E-state index >= 15 is 0 Å².